The molecule has 0 spiro atoms. The van der Waals surface area contributed by atoms with E-state index in [0.29, 0.717) is 24.4 Å². The molecule has 1 aliphatic rings. The number of ether oxygens (including phenoxy) is 2. The van der Waals surface area contributed by atoms with Gasteiger partial charge in [0.1, 0.15) is 5.75 Å². The quantitative estimate of drug-likeness (QED) is 0.646. The highest BCUT2D eigenvalue weighted by molar-refractivity contribution is 5.92. The zero-order chi connectivity index (χ0) is 21.3. The Morgan fingerprint density at radius 3 is 2.30 bits per heavy atom. The van der Waals surface area contributed by atoms with Crippen LogP contribution in [0.3, 0.4) is 0 Å². The minimum absolute atomic E-state index is 0.107. The van der Waals surface area contributed by atoms with E-state index in [-0.39, 0.29) is 18.0 Å². The monoisotopic (exact) mass is 411 g/mol. The van der Waals surface area contributed by atoms with Gasteiger partial charge in [-0.2, -0.15) is 0 Å². The second-order valence-electron chi connectivity index (χ2n) is 7.16. The predicted molar refractivity (Wildman–Crippen MR) is 116 cm³/mol. The van der Waals surface area contributed by atoms with Crippen LogP contribution in [0.25, 0.3) is 0 Å². The highest BCUT2D eigenvalue weighted by Gasteiger charge is 2.24. The lowest BCUT2D eigenvalue weighted by molar-refractivity contribution is 0.0526. The molecule has 7 heteroatoms. The molecule has 1 atom stereocenters. The lowest BCUT2D eigenvalue weighted by Crippen LogP contribution is -2.38. The first-order chi connectivity index (χ1) is 14.6. The van der Waals surface area contributed by atoms with Crippen molar-refractivity contribution in [2.45, 2.75) is 25.8 Å². The molecule has 2 aromatic carbocycles. The van der Waals surface area contributed by atoms with Crippen LogP contribution in [-0.4, -0.2) is 50.3 Å². The van der Waals surface area contributed by atoms with E-state index in [0.717, 1.165) is 24.4 Å². The highest BCUT2D eigenvalue weighted by atomic mass is 16.5. The van der Waals surface area contributed by atoms with E-state index in [1.54, 1.807) is 38.3 Å². The average molecular weight is 412 g/mol. The zero-order valence-electron chi connectivity index (χ0n) is 17.5. The molecule has 2 aromatic rings. The minimum Gasteiger partial charge on any atom is -0.497 e. The van der Waals surface area contributed by atoms with Crippen LogP contribution < -0.4 is 15.4 Å². The van der Waals surface area contributed by atoms with Crippen molar-refractivity contribution in [3.8, 4) is 5.75 Å². The first-order valence-electron chi connectivity index (χ1n) is 10.3. The lowest BCUT2D eigenvalue weighted by Gasteiger charge is -2.28. The Balaban J connectivity index is 1.59. The number of hydrogen-bond donors (Lipinski definition) is 2. The lowest BCUT2D eigenvalue weighted by atomic mass is 10.1. The number of nitrogens with zero attached hydrogens (tertiary/aromatic N) is 1. The van der Waals surface area contributed by atoms with Crippen molar-refractivity contribution in [3.05, 3.63) is 59.7 Å². The fourth-order valence-corrected chi connectivity index (χ4v) is 3.61. The number of urea groups is 1. The number of methoxy groups -OCH3 is 1. The standard InChI is InChI=1S/C23H29N3O4/c1-3-30-22(27)18-6-10-19(11-7-18)25-23(28)24-16-21(26-14-4-5-15-26)17-8-12-20(29-2)13-9-17/h6-13,21H,3-5,14-16H2,1-2H3,(H2,24,25,28)/t21-/m0/s1. The maximum atomic E-state index is 12.4. The number of amides is 2. The van der Waals surface area contributed by atoms with Crippen molar-refractivity contribution < 1.29 is 19.1 Å². The van der Waals surface area contributed by atoms with Crippen LogP contribution in [0.5, 0.6) is 5.75 Å². The van der Waals surface area contributed by atoms with Crippen LogP contribution in [0.1, 0.15) is 41.7 Å². The summed E-state index contributed by atoms with van der Waals surface area (Å²) >= 11 is 0. The van der Waals surface area contributed by atoms with Crippen LogP contribution in [0.15, 0.2) is 48.5 Å². The maximum Gasteiger partial charge on any atom is 0.338 e. The number of rotatable bonds is 8. The van der Waals surface area contributed by atoms with E-state index in [1.165, 1.54) is 12.8 Å². The zero-order valence-corrected chi connectivity index (χ0v) is 17.5. The number of anilines is 1. The molecule has 7 nitrogen and oxygen atoms in total. The molecule has 160 valence electrons. The number of benzene rings is 2. The summed E-state index contributed by atoms with van der Waals surface area (Å²) in [5, 5.41) is 5.79. The smallest absolute Gasteiger partial charge is 0.338 e. The summed E-state index contributed by atoms with van der Waals surface area (Å²) in [6, 6.07) is 14.5. The second-order valence-corrected chi connectivity index (χ2v) is 7.16. The van der Waals surface area contributed by atoms with Gasteiger partial charge in [0.15, 0.2) is 0 Å². The van der Waals surface area contributed by atoms with Crippen LogP contribution >= 0.6 is 0 Å². The number of hydrogen-bond acceptors (Lipinski definition) is 5. The van der Waals surface area contributed by atoms with Gasteiger partial charge in [-0.15, -0.1) is 0 Å². The van der Waals surface area contributed by atoms with Crippen LogP contribution in [0, 0.1) is 0 Å². The van der Waals surface area contributed by atoms with Crippen molar-refractivity contribution >= 4 is 17.7 Å². The molecule has 0 aromatic heterocycles. The Morgan fingerprint density at radius 1 is 1.03 bits per heavy atom. The summed E-state index contributed by atoms with van der Waals surface area (Å²) in [7, 11) is 1.65. The summed E-state index contributed by atoms with van der Waals surface area (Å²) in [6.45, 7) is 4.64. The fourth-order valence-electron chi connectivity index (χ4n) is 3.61. The van der Waals surface area contributed by atoms with Gasteiger partial charge in [0.05, 0.1) is 25.3 Å². The van der Waals surface area contributed by atoms with Gasteiger partial charge < -0.3 is 20.1 Å². The molecule has 2 N–H and O–H groups in total. The molecule has 1 heterocycles. The van der Waals surface area contributed by atoms with Crippen molar-refractivity contribution in [2.75, 3.05) is 38.7 Å². The van der Waals surface area contributed by atoms with Gasteiger partial charge in [0.2, 0.25) is 0 Å². The van der Waals surface area contributed by atoms with Gasteiger partial charge >= 0.3 is 12.0 Å². The van der Waals surface area contributed by atoms with Crippen molar-refractivity contribution in [3.63, 3.8) is 0 Å². The molecular formula is C23H29N3O4. The Bertz CT molecular complexity index is 831. The van der Waals surface area contributed by atoms with E-state index in [2.05, 4.69) is 27.7 Å². The van der Waals surface area contributed by atoms with Crippen molar-refractivity contribution in [2.24, 2.45) is 0 Å². The Hall–Kier alpha value is -3.06. The third kappa shape index (κ3) is 5.73. The van der Waals surface area contributed by atoms with Crippen molar-refractivity contribution in [1.82, 2.24) is 10.2 Å². The highest BCUT2D eigenvalue weighted by Crippen LogP contribution is 2.26. The van der Waals surface area contributed by atoms with Gasteiger partial charge in [-0.25, -0.2) is 9.59 Å². The molecule has 0 radical (unpaired) electrons. The number of nitrogens with one attached hydrogen (secondary N) is 2. The summed E-state index contributed by atoms with van der Waals surface area (Å²) in [4.78, 5) is 26.6. The summed E-state index contributed by atoms with van der Waals surface area (Å²) in [5.41, 5.74) is 2.22. The van der Waals surface area contributed by atoms with Crippen molar-refractivity contribution in [1.29, 1.82) is 0 Å². The topological polar surface area (TPSA) is 79.9 Å². The average Bonchev–Trinajstić information content (AvgIpc) is 3.29. The molecule has 1 saturated heterocycles. The minimum atomic E-state index is -0.374. The van der Waals surface area contributed by atoms with Gasteiger partial charge in [-0.1, -0.05) is 12.1 Å². The number of carbonyl (C=O) groups excluding carboxylic acids is 2. The Labute approximate surface area is 177 Å². The summed E-state index contributed by atoms with van der Waals surface area (Å²) in [6.07, 6.45) is 2.34. The molecule has 2 amide bonds. The fraction of sp³-hybridized carbons (Fsp3) is 0.391. The molecule has 1 fully saturated rings. The molecule has 0 bridgehead atoms. The van der Waals surface area contributed by atoms with Gasteiger partial charge in [0.25, 0.3) is 0 Å². The normalized spacial score (nSPS) is 14.7. The van der Waals surface area contributed by atoms with Gasteiger partial charge in [0, 0.05) is 12.2 Å². The third-order valence-electron chi connectivity index (χ3n) is 5.19. The van der Waals surface area contributed by atoms with Crippen LogP contribution in [0.4, 0.5) is 10.5 Å². The van der Waals surface area contributed by atoms with E-state index in [4.69, 9.17) is 9.47 Å². The maximum absolute atomic E-state index is 12.4. The first kappa shape index (κ1) is 21.6. The molecule has 0 saturated carbocycles. The number of esters is 1. The van der Waals surface area contributed by atoms with E-state index in [9.17, 15) is 9.59 Å². The van der Waals surface area contributed by atoms with Gasteiger partial charge in [-0.05, 0) is 74.8 Å². The molecule has 0 aliphatic carbocycles. The molecular weight excluding hydrogens is 382 g/mol. The molecule has 30 heavy (non-hydrogen) atoms. The number of likely N-dealkylation sites (tertiary alicyclic amines) is 1. The summed E-state index contributed by atoms with van der Waals surface area (Å²) < 4.78 is 10.2. The van der Waals surface area contributed by atoms with E-state index in [1.807, 2.05) is 12.1 Å². The molecule has 1 aliphatic heterocycles. The van der Waals surface area contributed by atoms with E-state index < -0.39 is 0 Å². The van der Waals surface area contributed by atoms with Crippen LogP contribution in [0.2, 0.25) is 0 Å². The SMILES string of the molecule is CCOC(=O)c1ccc(NC(=O)NC[C@@H](c2ccc(OC)cc2)N2CCCC2)cc1. The first-order valence-corrected chi connectivity index (χ1v) is 10.3. The Kier molecular flexibility index (Phi) is 7.68. The van der Waals surface area contributed by atoms with E-state index >= 15 is 0 Å². The largest absolute Gasteiger partial charge is 0.497 e. The predicted octanol–water partition coefficient (Wildman–Crippen LogP) is 3.83. The molecule has 3 rings (SSSR count). The third-order valence-corrected chi connectivity index (χ3v) is 5.19. The van der Waals surface area contributed by atoms with Crippen LogP contribution in [-0.2, 0) is 4.74 Å². The molecule has 0 unspecified atom stereocenters. The van der Waals surface area contributed by atoms with Gasteiger partial charge in [-0.3, -0.25) is 4.90 Å². The second kappa shape index (κ2) is 10.6. The summed E-state index contributed by atoms with van der Waals surface area (Å²) in [5.74, 6) is 0.442. The number of carbonyl (C=O) groups is 2. The Morgan fingerprint density at radius 2 is 1.70 bits per heavy atom.